The van der Waals surface area contributed by atoms with Crippen LogP contribution in [0.2, 0.25) is 0 Å². The molecule has 0 radical (unpaired) electrons. The summed E-state index contributed by atoms with van der Waals surface area (Å²) in [6, 6.07) is 3.16. The van der Waals surface area contributed by atoms with E-state index in [1.165, 1.54) is 6.07 Å². The van der Waals surface area contributed by atoms with E-state index in [1.807, 2.05) is 0 Å². The van der Waals surface area contributed by atoms with Gasteiger partial charge in [0.25, 0.3) is 0 Å². The van der Waals surface area contributed by atoms with Gasteiger partial charge in [-0.1, -0.05) is 20.8 Å². The molecule has 0 unspecified atom stereocenters. The number of alkyl halides is 3. The van der Waals surface area contributed by atoms with E-state index in [0.717, 1.165) is 12.1 Å². The zero-order valence-corrected chi connectivity index (χ0v) is 8.81. The standard InChI is InChI=1S/C11H13F3O/c1-10(2,3)7-4-8(11(12,13)14)6-9(15)5-7/h4-6,15H,1-3H3. The lowest BCUT2D eigenvalue weighted by atomic mass is 9.86. The molecule has 0 aliphatic heterocycles. The molecule has 1 aromatic rings. The molecule has 4 heteroatoms. The van der Waals surface area contributed by atoms with Crippen molar-refractivity contribution in [1.29, 1.82) is 0 Å². The average molecular weight is 218 g/mol. The predicted molar refractivity (Wildman–Crippen MR) is 51.8 cm³/mol. The number of benzene rings is 1. The van der Waals surface area contributed by atoms with Crippen LogP contribution in [-0.2, 0) is 11.6 Å². The highest BCUT2D eigenvalue weighted by molar-refractivity contribution is 5.38. The molecule has 0 atom stereocenters. The summed E-state index contributed by atoms with van der Waals surface area (Å²) in [5, 5.41) is 9.22. The molecule has 0 bridgehead atoms. The van der Waals surface area contributed by atoms with Crippen molar-refractivity contribution >= 4 is 0 Å². The van der Waals surface area contributed by atoms with Crippen molar-refractivity contribution in [2.45, 2.75) is 32.4 Å². The maximum atomic E-state index is 12.4. The number of hydrogen-bond donors (Lipinski definition) is 1. The molecule has 0 fully saturated rings. The topological polar surface area (TPSA) is 20.2 Å². The van der Waals surface area contributed by atoms with E-state index in [0.29, 0.717) is 5.56 Å². The third-order valence-electron chi connectivity index (χ3n) is 2.11. The molecule has 0 spiro atoms. The van der Waals surface area contributed by atoms with Gasteiger partial charge in [0.2, 0.25) is 0 Å². The van der Waals surface area contributed by atoms with E-state index in [-0.39, 0.29) is 5.75 Å². The normalized spacial score (nSPS) is 12.9. The van der Waals surface area contributed by atoms with Gasteiger partial charge in [0, 0.05) is 0 Å². The Hall–Kier alpha value is -1.19. The van der Waals surface area contributed by atoms with Crippen LogP contribution < -0.4 is 0 Å². The van der Waals surface area contributed by atoms with E-state index in [2.05, 4.69) is 0 Å². The fraction of sp³-hybridized carbons (Fsp3) is 0.455. The summed E-state index contributed by atoms with van der Waals surface area (Å²) in [7, 11) is 0. The second-order valence-electron chi connectivity index (χ2n) is 4.52. The molecule has 1 aromatic carbocycles. The first-order valence-electron chi connectivity index (χ1n) is 4.52. The van der Waals surface area contributed by atoms with Crippen molar-refractivity contribution in [2.75, 3.05) is 0 Å². The molecule has 1 N–H and O–H groups in total. The zero-order chi connectivity index (χ0) is 11.9. The molecule has 0 amide bonds. The van der Waals surface area contributed by atoms with Gasteiger partial charge < -0.3 is 5.11 Å². The Kier molecular flexibility index (Phi) is 2.72. The summed E-state index contributed by atoms with van der Waals surface area (Å²) in [6.07, 6.45) is -4.42. The number of hydrogen-bond acceptors (Lipinski definition) is 1. The van der Waals surface area contributed by atoms with E-state index >= 15 is 0 Å². The van der Waals surface area contributed by atoms with Gasteiger partial charge in [-0.2, -0.15) is 13.2 Å². The molecule has 0 saturated carbocycles. The van der Waals surface area contributed by atoms with Gasteiger partial charge in [-0.15, -0.1) is 0 Å². The third-order valence-corrected chi connectivity index (χ3v) is 2.11. The minimum absolute atomic E-state index is 0.352. The van der Waals surface area contributed by atoms with Crippen LogP contribution in [0.25, 0.3) is 0 Å². The van der Waals surface area contributed by atoms with Gasteiger partial charge in [-0.05, 0) is 29.2 Å². The van der Waals surface area contributed by atoms with Crippen LogP contribution in [0.15, 0.2) is 18.2 Å². The first-order chi connectivity index (χ1) is 6.60. The monoisotopic (exact) mass is 218 g/mol. The molecule has 0 heterocycles. The number of phenols is 1. The zero-order valence-electron chi connectivity index (χ0n) is 8.81. The maximum Gasteiger partial charge on any atom is 0.416 e. The molecule has 1 nitrogen and oxygen atoms in total. The Labute approximate surface area is 86.5 Å². The highest BCUT2D eigenvalue weighted by atomic mass is 19.4. The summed E-state index contributed by atoms with van der Waals surface area (Å²) in [5.41, 5.74) is -0.763. The van der Waals surface area contributed by atoms with Crippen LogP contribution in [0.5, 0.6) is 5.75 Å². The fourth-order valence-electron chi connectivity index (χ4n) is 1.21. The van der Waals surface area contributed by atoms with E-state index < -0.39 is 17.2 Å². The maximum absolute atomic E-state index is 12.4. The highest BCUT2D eigenvalue weighted by Crippen LogP contribution is 2.35. The third kappa shape index (κ3) is 2.88. The highest BCUT2D eigenvalue weighted by Gasteiger charge is 2.32. The van der Waals surface area contributed by atoms with Crippen LogP contribution in [0.4, 0.5) is 13.2 Å². The van der Waals surface area contributed by atoms with Crippen LogP contribution in [0.1, 0.15) is 31.9 Å². The van der Waals surface area contributed by atoms with Crippen LogP contribution in [0.3, 0.4) is 0 Å². The number of rotatable bonds is 0. The molecule has 0 aliphatic carbocycles. The molecule has 0 saturated heterocycles. The Morgan fingerprint density at radius 2 is 1.40 bits per heavy atom. The minimum Gasteiger partial charge on any atom is -0.508 e. The minimum atomic E-state index is -4.42. The quantitative estimate of drug-likeness (QED) is 0.703. The van der Waals surface area contributed by atoms with Crippen molar-refractivity contribution in [3.05, 3.63) is 29.3 Å². The van der Waals surface area contributed by atoms with Gasteiger partial charge in [-0.3, -0.25) is 0 Å². The van der Waals surface area contributed by atoms with Gasteiger partial charge in [0.15, 0.2) is 0 Å². The van der Waals surface area contributed by atoms with Crippen LogP contribution >= 0.6 is 0 Å². The average Bonchev–Trinajstić information content (AvgIpc) is 1.99. The van der Waals surface area contributed by atoms with Gasteiger partial charge in [-0.25, -0.2) is 0 Å². The molecule has 0 aromatic heterocycles. The lowest BCUT2D eigenvalue weighted by Crippen LogP contribution is -2.13. The van der Waals surface area contributed by atoms with Crippen molar-refractivity contribution in [3.8, 4) is 5.75 Å². The summed E-state index contributed by atoms with van der Waals surface area (Å²) >= 11 is 0. The van der Waals surface area contributed by atoms with E-state index in [9.17, 15) is 18.3 Å². The van der Waals surface area contributed by atoms with Crippen molar-refractivity contribution in [3.63, 3.8) is 0 Å². The molecular weight excluding hydrogens is 205 g/mol. The number of halogens is 3. The molecule has 15 heavy (non-hydrogen) atoms. The summed E-state index contributed by atoms with van der Waals surface area (Å²) < 4.78 is 37.3. The number of aromatic hydroxyl groups is 1. The van der Waals surface area contributed by atoms with Gasteiger partial charge in [0.1, 0.15) is 5.75 Å². The molecule has 0 aliphatic rings. The first kappa shape index (κ1) is 11.9. The lowest BCUT2D eigenvalue weighted by Gasteiger charge is -2.20. The van der Waals surface area contributed by atoms with Crippen molar-refractivity contribution in [2.24, 2.45) is 0 Å². The van der Waals surface area contributed by atoms with Crippen molar-refractivity contribution in [1.82, 2.24) is 0 Å². The predicted octanol–water partition coefficient (Wildman–Crippen LogP) is 3.71. The Balaban J connectivity index is 3.30. The molecule has 84 valence electrons. The Bertz CT molecular complexity index is 329. The Morgan fingerprint density at radius 3 is 1.80 bits per heavy atom. The van der Waals surface area contributed by atoms with Crippen LogP contribution in [0, 0.1) is 0 Å². The van der Waals surface area contributed by atoms with E-state index in [4.69, 9.17) is 0 Å². The van der Waals surface area contributed by atoms with Gasteiger partial charge >= 0.3 is 6.18 Å². The molecule has 1 rings (SSSR count). The second-order valence-corrected chi connectivity index (χ2v) is 4.52. The SMILES string of the molecule is CC(C)(C)c1cc(O)cc(C(F)(F)F)c1. The Morgan fingerprint density at radius 1 is 0.933 bits per heavy atom. The van der Waals surface area contributed by atoms with Crippen LogP contribution in [-0.4, -0.2) is 5.11 Å². The number of phenolic OH excluding ortho intramolecular Hbond substituents is 1. The largest absolute Gasteiger partial charge is 0.508 e. The van der Waals surface area contributed by atoms with E-state index in [1.54, 1.807) is 20.8 Å². The summed E-state index contributed by atoms with van der Waals surface area (Å²) in [6.45, 7) is 5.38. The van der Waals surface area contributed by atoms with Crippen molar-refractivity contribution < 1.29 is 18.3 Å². The lowest BCUT2D eigenvalue weighted by molar-refractivity contribution is -0.137. The summed E-state index contributed by atoms with van der Waals surface area (Å²) in [5.74, 6) is -0.352. The fourth-order valence-corrected chi connectivity index (χ4v) is 1.21. The molecular formula is C11H13F3O. The smallest absolute Gasteiger partial charge is 0.416 e. The summed E-state index contributed by atoms with van der Waals surface area (Å²) in [4.78, 5) is 0. The second kappa shape index (κ2) is 3.43. The first-order valence-corrected chi connectivity index (χ1v) is 4.52. The van der Waals surface area contributed by atoms with Gasteiger partial charge in [0.05, 0.1) is 5.56 Å².